The molecule has 3 aromatic rings. The molecule has 0 saturated carbocycles. The van der Waals surface area contributed by atoms with E-state index in [1.807, 2.05) is 30.9 Å². The van der Waals surface area contributed by atoms with E-state index in [1.165, 1.54) is 16.7 Å². The predicted molar refractivity (Wildman–Crippen MR) is 148 cm³/mol. The number of hydrogen-bond donors (Lipinski definition) is 1. The Bertz CT molecular complexity index is 1250. The first-order chi connectivity index (χ1) is 17.2. The van der Waals surface area contributed by atoms with Gasteiger partial charge in [0.15, 0.2) is 0 Å². The number of aryl methyl sites for hydroxylation is 1. The highest BCUT2D eigenvalue weighted by Crippen LogP contribution is 2.44. The molecule has 1 aliphatic carbocycles. The first kappa shape index (κ1) is 25.2. The van der Waals surface area contributed by atoms with Crippen LogP contribution in [0.2, 0.25) is 5.02 Å². The van der Waals surface area contributed by atoms with Crippen LogP contribution < -0.4 is 5.32 Å². The Hall–Kier alpha value is -2.51. The molecule has 2 aliphatic rings. The number of nitrogens with one attached hydrogen (secondary N) is 1. The highest BCUT2D eigenvalue weighted by Gasteiger charge is 2.35. The summed E-state index contributed by atoms with van der Waals surface area (Å²) in [7, 11) is 2.06. The summed E-state index contributed by atoms with van der Waals surface area (Å²) in [5, 5.41) is 4.63. The van der Waals surface area contributed by atoms with Crippen LogP contribution in [0.1, 0.15) is 67.9 Å². The summed E-state index contributed by atoms with van der Waals surface area (Å²) >= 11 is 6.67. The molecule has 6 nitrogen and oxygen atoms in total. The van der Waals surface area contributed by atoms with Crippen LogP contribution in [-0.4, -0.2) is 62.6 Å². The lowest BCUT2D eigenvalue weighted by molar-refractivity contribution is 0.112. The number of hydrogen-bond acceptors (Lipinski definition) is 5. The minimum Gasteiger partial charge on any atom is -0.336 e. The van der Waals surface area contributed by atoms with Gasteiger partial charge in [-0.25, -0.2) is 4.98 Å². The first-order valence-corrected chi connectivity index (χ1v) is 13.3. The van der Waals surface area contributed by atoms with Gasteiger partial charge in [0.1, 0.15) is 0 Å². The van der Waals surface area contributed by atoms with E-state index in [0.29, 0.717) is 0 Å². The van der Waals surface area contributed by atoms with Crippen LogP contribution in [0.4, 0.5) is 0 Å². The largest absolute Gasteiger partial charge is 0.336 e. The van der Waals surface area contributed by atoms with Crippen LogP contribution in [0.25, 0.3) is 11.6 Å². The topological polar surface area (TPSA) is 49.2 Å². The molecule has 190 valence electrons. The molecule has 2 aromatic heterocycles. The van der Waals surface area contributed by atoms with Crippen molar-refractivity contribution in [1.29, 1.82) is 0 Å². The molecule has 5 rings (SSSR count). The number of halogens is 1. The highest BCUT2D eigenvalue weighted by atomic mass is 35.5. The van der Waals surface area contributed by atoms with Gasteiger partial charge in [-0.05, 0) is 73.9 Å². The second kappa shape index (κ2) is 10.1. The molecule has 1 fully saturated rings. The average Bonchev–Trinajstić information content (AvgIpc) is 3.22. The molecule has 0 spiro atoms. The van der Waals surface area contributed by atoms with Gasteiger partial charge in [0.25, 0.3) is 0 Å². The van der Waals surface area contributed by atoms with Crippen LogP contribution in [0, 0.1) is 0 Å². The maximum atomic E-state index is 6.67. The Balaban J connectivity index is 1.71. The van der Waals surface area contributed by atoms with Gasteiger partial charge in [-0.1, -0.05) is 30.7 Å². The Kier molecular flexibility index (Phi) is 7.05. The molecule has 7 heteroatoms. The normalized spacial score (nSPS) is 19.8. The van der Waals surface area contributed by atoms with Gasteiger partial charge in [-0.2, -0.15) is 0 Å². The van der Waals surface area contributed by atoms with E-state index in [0.717, 1.165) is 54.7 Å². The summed E-state index contributed by atoms with van der Waals surface area (Å²) < 4.78 is 2.10. The fourth-order valence-electron chi connectivity index (χ4n) is 5.53. The fourth-order valence-corrected chi connectivity index (χ4v) is 5.70. The van der Waals surface area contributed by atoms with Crippen LogP contribution in [0.3, 0.4) is 0 Å². The Labute approximate surface area is 220 Å². The first-order valence-electron chi connectivity index (χ1n) is 12.9. The van der Waals surface area contributed by atoms with Gasteiger partial charge in [0.05, 0.1) is 36.0 Å². The number of piperazine rings is 1. The van der Waals surface area contributed by atoms with E-state index in [1.54, 1.807) is 0 Å². The molecule has 0 bridgehead atoms. The molecule has 36 heavy (non-hydrogen) atoms. The van der Waals surface area contributed by atoms with Gasteiger partial charge in [-0.15, -0.1) is 0 Å². The maximum Gasteiger partial charge on any atom is 0.0946 e. The Morgan fingerprint density at radius 2 is 1.92 bits per heavy atom. The average molecular weight is 505 g/mol. The number of likely N-dealkylation sites (N-methyl/N-ethyl adjacent to an activating group) is 1. The van der Waals surface area contributed by atoms with Crippen molar-refractivity contribution in [3.8, 4) is 0 Å². The number of pyridine rings is 1. The summed E-state index contributed by atoms with van der Waals surface area (Å²) in [5.74, 6) is 0. The lowest BCUT2D eigenvalue weighted by atomic mass is 9.88. The zero-order valence-electron chi connectivity index (χ0n) is 22.0. The number of nitrogens with zero attached hydrogens (tertiary/aromatic N) is 5. The minimum atomic E-state index is -0.117. The van der Waals surface area contributed by atoms with E-state index in [4.69, 9.17) is 16.6 Å². The van der Waals surface area contributed by atoms with E-state index < -0.39 is 0 Å². The van der Waals surface area contributed by atoms with Crippen molar-refractivity contribution in [2.75, 3.05) is 32.7 Å². The van der Waals surface area contributed by atoms with Crippen LogP contribution in [-0.2, 0) is 7.05 Å². The van der Waals surface area contributed by atoms with Gasteiger partial charge < -0.3 is 14.8 Å². The second-order valence-corrected chi connectivity index (χ2v) is 11.4. The third kappa shape index (κ3) is 5.00. The Morgan fingerprint density at radius 1 is 1.14 bits per heavy atom. The molecule has 2 atom stereocenters. The van der Waals surface area contributed by atoms with E-state index in [-0.39, 0.29) is 17.6 Å². The van der Waals surface area contributed by atoms with Gasteiger partial charge in [-0.3, -0.25) is 9.88 Å². The summed E-state index contributed by atoms with van der Waals surface area (Å²) in [6, 6.07) is 10.6. The van der Waals surface area contributed by atoms with E-state index >= 15 is 0 Å². The fraction of sp³-hybridized carbons (Fsp3) is 0.448. The van der Waals surface area contributed by atoms with Crippen LogP contribution in [0.15, 0.2) is 49.1 Å². The second-order valence-electron chi connectivity index (χ2n) is 10.9. The van der Waals surface area contributed by atoms with Crippen LogP contribution >= 0.6 is 11.6 Å². The number of imidazole rings is 1. The van der Waals surface area contributed by atoms with Crippen molar-refractivity contribution in [2.45, 2.75) is 45.3 Å². The molecule has 3 heterocycles. The number of rotatable bonds is 5. The van der Waals surface area contributed by atoms with Crippen molar-refractivity contribution < 1.29 is 0 Å². The summed E-state index contributed by atoms with van der Waals surface area (Å²) in [4.78, 5) is 14.5. The molecule has 1 saturated heterocycles. The summed E-state index contributed by atoms with van der Waals surface area (Å²) in [6.45, 7) is 14.1. The van der Waals surface area contributed by atoms with E-state index in [2.05, 4.69) is 83.7 Å². The molecule has 0 amide bonds. The SMILES string of the molecule is CCN1CCN([C@@H]2c3ccc(Cl)cc3C([C@@H](NC(C)(C)C)c3cncn3C)=Cc3cccnc32)CC1. The molecule has 1 aliphatic heterocycles. The number of aromatic nitrogens is 3. The molecule has 1 N–H and O–H groups in total. The zero-order chi connectivity index (χ0) is 25.4. The van der Waals surface area contributed by atoms with Crippen molar-refractivity contribution in [3.05, 3.63) is 82.2 Å². The van der Waals surface area contributed by atoms with Gasteiger partial charge in [0.2, 0.25) is 0 Å². The van der Waals surface area contributed by atoms with Gasteiger partial charge in [0, 0.05) is 50.0 Å². The van der Waals surface area contributed by atoms with Crippen molar-refractivity contribution in [3.63, 3.8) is 0 Å². The highest BCUT2D eigenvalue weighted by molar-refractivity contribution is 6.30. The molecule has 0 radical (unpaired) electrons. The lowest BCUT2D eigenvalue weighted by Crippen LogP contribution is -2.48. The summed E-state index contributed by atoms with van der Waals surface area (Å²) in [6.07, 6.45) is 8.07. The Morgan fingerprint density at radius 3 is 2.58 bits per heavy atom. The lowest BCUT2D eigenvalue weighted by Gasteiger charge is -2.39. The molecule has 0 unspecified atom stereocenters. The number of benzene rings is 1. The monoisotopic (exact) mass is 504 g/mol. The van der Waals surface area contributed by atoms with Crippen molar-refractivity contribution >= 4 is 23.3 Å². The van der Waals surface area contributed by atoms with Crippen LogP contribution in [0.5, 0.6) is 0 Å². The summed E-state index contributed by atoms with van der Waals surface area (Å²) in [5.41, 5.74) is 6.89. The molecular weight excluding hydrogens is 468 g/mol. The quantitative estimate of drug-likeness (QED) is 0.519. The van der Waals surface area contributed by atoms with E-state index in [9.17, 15) is 0 Å². The molecular formula is C29H37ClN6. The number of fused-ring (bicyclic) bond motifs is 2. The van der Waals surface area contributed by atoms with Crippen molar-refractivity contribution in [2.24, 2.45) is 7.05 Å². The van der Waals surface area contributed by atoms with Gasteiger partial charge >= 0.3 is 0 Å². The molecule has 1 aromatic carbocycles. The predicted octanol–water partition coefficient (Wildman–Crippen LogP) is 5.18. The third-order valence-corrected chi connectivity index (χ3v) is 7.55. The third-order valence-electron chi connectivity index (χ3n) is 7.32. The smallest absolute Gasteiger partial charge is 0.0946 e. The van der Waals surface area contributed by atoms with Crippen molar-refractivity contribution in [1.82, 2.24) is 29.7 Å². The zero-order valence-corrected chi connectivity index (χ0v) is 22.8. The maximum absolute atomic E-state index is 6.67. The minimum absolute atomic E-state index is 0.0709. The standard InChI is InChI=1S/C29H37ClN6/c1-6-35-12-14-36(15-13-35)28-22-10-9-21(30)17-23(22)24(16-20-8-7-11-32-26(20)28)27(33-29(2,3)4)25-18-31-19-34(25)5/h7-11,16-19,27-28,33H,6,12-15H2,1-5H3/t27-,28-/m1/s1.